The Labute approximate surface area is 124 Å². The van der Waals surface area contributed by atoms with Gasteiger partial charge in [0.25, 0.3) is 0 Å². The second-order valence-corrected chi connectivity index (χ2v) is 5.53. The highest BCUT2D eigenvalue weighted by molar-refractivity contribution is 5.82. The van der Waals surface area contributed by atoms with Crippen LogP contribution in [0.5, 0.6) is 0 Å². The van der Waals surface area contributed by atoms with E-state index in [4.69, 9.17) is 0 Å². The van der Waals surface area contributed by atoms with Gasteiger partial charge in [-0.2, -0.15) is 0 Å². The van der Waals surface area contributed by atoms with E-state index in [-0.39, 0.29) is 18.5 Å². The van der Waals surface area contributed by atoms with Gasteiger partial charge in [-0.25, -0.2) is 9.59 Å². The van der Waals surface area contributed by atoms with Gasteiger partial charge in [0.1, 0.15) is 6.04 Å². The van der Waals surface area contributed by atoms with Crippen LogP contribution in [-0.2, 0) is 11.2 Å². The Morgan fingerprint density at radius 1 is 1.14 bits per heavy atom. The number of urea groups is 1. The van der Waals surface area contributed by atoms with Crippen LogP contribution in [0.2, 0.25) is 0 Å². The largest absolute Gasteiger partial charge is 0.480 e. The molecule has 5 heteroatoms. The second-order valence-electron chi connectivity index (χ2n) is 5.53. The molecular weight excluding hydrogens is 268 g/mol. The van der Waals surface area contributed by atoms with Gasteiger partial charge in [0, 0.05) is 12.5 Å². The first-order valence-corrected chi connectivity index (χ1v) is 7.49. The van der Waals surface area contributed by atoms with Crippen LogP contribution in [0, 0.1) is 0 Å². The number of aliphatic carboxylic acids is 1. The quantitative estimate of drug-likeness (QED) is 0.778. The molecule has 1 atom stereocenters. The van der Waals surface area contributed by atoms with E-state index in [1.165, 1.54) is 6.42 Å². The van der Waals surface area contributed by atoms with Gasteiger partial charge in [0.2, 0.25) is 0 Å². The van der Waals surface area contributed by atoms with Crippen molar-refractivity contribution in [2.45, 2.75) is 50.6 Å². The molecular formula is C16H22N2O3. The van der Waals surface area contributed by atoms with E-state index in [0.29, 0.717) is 0 Å². The molecule has 2 amide bonds. The van der Waals surface area contributed by atoms with E-state index in [0.717, 1.165) is 31.2 Å². The molecule has 0 aromatic heterocycles. The van der Waals surface area contributed by atoms with Crippen LogP contribution in [0.15, 0.2) is 30.3 Å². The molecule has 5 nitrogen and oxygen atoms in total. The summed E-state index contributed by atoms with van der Waals surface area (Å²) in [6.45, 7) is 0. The monoisotopic (exact) mass is 290 g/mol. The van der Waals surface area contributed by atoms with E-state index in [2.05, 4.69) is 10.6 Å². The third-order valence-electron chi connectivity index (χ3n) is 3.83. The van der Waals surface area contributed by atoms with E-state index < -0.39 is 12.0 Å². The fraction of sp³-hybridized carbons (Fsp3) is 0.500. The lowest BCUT2D eigenvalue weighted by atomic mass is 9.96. The van der Waals surface area contributed by atoms with Crippen LogP contribution in [0.1, 0.15) is 37.7 Å². The average molecular weight is 290 g/mol. The zero-order valence-corrected chi connectivity index (χ0v) is 12.0. The molecule has 1 saturated carbocycles. The fourth-order valence-electron chi connectivity index (χ4n) is 2.68. The number of nitrogens with one attached hydrogen (secondary N) is 2. The SMILES string of the molecule is O=C(NC1CCCCC1)N[C@H](Cc1ccccc1)C(=O)O. The second kappa shape index (κ2) is 7.67. The minimum atomic E-state index is -1.02. The minimum absolute atomic E-state index is 0.171. The molecule has 1 aliphatic carbocycles. The number of carbonyl (C=O) groups is 2. The summed E-state index contributed by atoms with van der Waals surface area (Å²) in [6.07, 6.45) is 5.70. The molecule has 21 heavy (non-hydrogen) atoms. The zero-order valence-electron chi connectivity index (χ0n) is 12.0. The van der Waals surface area contributed by atoms with E-state index in [9.17, 15) is 14.7 Å². The molecule has 2 rings (SSSR count). The van der Waals surface area contributed by atoms with Crippen molar-refractivity contribution in [1.29, 1.82) is 0 Å². The van der Waals surface area contributed by atoms with Crippen LogP contribution >= 0.6 is 0 Å². The topological polar surface area (TPSA) is 78.4 Å². The summed E-state index contributed by atoms with van der Waals surface area (Å²) < 4.78 is 0. The van der Waals surface area contributed by atoms with Crippen molar-refractivity contribution in [2.24, 2.45) is 0 Å². The molecule has 0 spiro atoms. The highest BCUT2D eigenvalue weighted by Crippen LogP contribution is 2.17. The molecule has 0 heterocycles. The Kier molecular flexibility index (Phi) is 5.60. The summed E-state index contributed by atoms with van der Waals surface area (Å²) in [6, 6.07) is 8.19. The number of rotatable bonds is 5. The summed E-state index contributed by atoms with van der Waals surface area (Å²) in [7, 11) is 0. The maximum Gasteiger partial charge on any atom is 0.326 e. The molecule has 1 fully saturated rings. The number of hydrogen-bond acceptors (Lipinski definition) is 2. The molecule has 0 unspecified atom stereocenters. The Balaban J connectivity index is 1.86. The van der Waals surface area contributed by atoms with Gasteiger partial charge in [-0.3, -0.25) is 0 Å². The molecule has 114 valence electrons. The fourth-order valence-corrected chi connectivity index (χ4v) is 2.68. The summed E-state index contributed by atoms with van der Waals surface area (Å²) >= 11 is 0. The van der Waals surface area contributed by atoms with Crippen molar-refractivity contribution in [2.75, 3.05) is 0 Å². The number of carboxylic acid groups (broad SMARTS) is 1. The van der Waals surface area contributed by atoms with Gasteiger partial charge >= 0.3 is 12.0 Å². The summed E-state index contributed by atoms with van der Waals surface area (Å²) in [5, 5.41) is 14.7. The Morgan fingerprint density at radius 3 is 2.43 bits per heavy atom. The summed E-state index contributed by atoms with van der Waals surface area (Å²) in [4.78, 5) is 23.2. The van der Waals surface area contributed by atoms with Crippen LogP contribution in [-0.4, -0.2) is 29.2 Å². The van der Waals surface area contributed by atoms with Gasteiger partial charge in [-0.1, -0.05) is 49.6 Å². The maximum absolute atomic E-state index is 11.9. The van der Waals surface area contributed by atoms with E-state index in [1.807, 2.05) is 30.3 Å². The first-order valence-electron chi connectivity index (χ1n) is 7.49. The summed E-state index contributed by atoms with van der Waals surface area (Å²) in [5.74, 6) is -1.02. The van der Waals surface area contributed by atoms with Crippen molar-refractivity contribution in [1.82, 2.24) is 10.6 Å². The van der Waals surface area contributed by atoms with Crippen molar-refractivity contribution in [3.8, 4) is 0 Å². The molecule has 3 N–H and O–H groups in total. The first-order chi connectivity index (χ1) is 10.1. The number of carbonyl (C=O) groups excluding carboxylic acids is 1. The van der Waals surface area contributed by atoms with Gasteiger partial charge < -0.3 is 15.7 Å². The highest BCUT2D eigenvalue weighted by Gasteiger charge is 2.22. The molecule has 0 aliphatic heterocycles. The van der Waals surface area contributed by atoms with E-state index >= 15 is 0 Å². The van der Waals surface area contributed by atoms with Gasteiger partial charge in [-0.15, -0.1) is 0 Å². The Bertz CT molecular complexity index is 470. The zero-order chi connectivity index (χ0) is 15.1. The van der Waals surface area contributed by atoms with Crippen LogP contribution in [0.25, 0.3) is 0 Å². The van der Waals surface area contributed by atoms with Gasteiger partial charge in [0.15, 0.2) is 0 Å². The predicted molar refractivity (Wildman–Crippen MR) is 80.1 cm³/mol. The molecule has 0 radical (unpaired) electrons. The summed E-state index contributed by atoms with van der Waals surface area (Å²) in [5.41, 5.74) is 0.892. The molecule has 0 bridgehead atoms. The molecule has 1 aliphatic rings. The number of benzene rings is 1. The minimum Gasteiger partial charge on any atom is -0.480 e. The van der Waals surface area contributed by atoms with Gasteiger partial charge in [0.05, 0.1) is 0 Å². The van der Waals surface area contributed by atoms with E-state index in [1.54, 1.807) is 0 Å². The van der Waals surface area contributed by atoms with Crippen molar-refractivity contribution in [3.05, 3.63) is 35.9 Å². The number of amides is 2. The standard InChI is InChI=1S/C16H22N2O3/c19-15(20)14(11-12-7-3-1-4-8-12)18-16(21)17-13-9-5-2-6-10-13/h1,3-4,7-8,13-14H,2,5-6,9-11H2,(H,19,20)(H2,17,18,21)/t14-/m1/s1. The maximum atomic E-state index is 11.9. The van der Waals surface area contributed by atoms with Crippen molar-refractivity contribution < 1.29 is 14.7 Å². The number of hydrogen-bond donors (Lipinski definition) is 3. The third kappa shape index (κ3) is 5.10. The number of carboxylic acids is 1. The third-order valence-corrected chi connectivity index (χ3v) is 3.83. The Hall–Kier alpha value is -2.04. The van der Waals surface area contributed by atoms with Crippen molar-refractivity contribution >= 4 is 12.0 Å². The smallest absolute Gasteiger partial charge is 0.326 e. The van der Waals surface area contributed by atoms with Crippen LogP contribution in [0.3, 0.4) is 0 Å². The lowest BCUT2D eigenvalue weighted by Gasteiger charge is -2.24. The average Bonchev–Trinajstić information content (AvgIpc) is 2.48. The predicted octanol–water partition coefficient (Wildman–Crippen LogP) is 2.31. The normalized spacial score (nSPS) is 17.0. The lowest BCUT2D eigenvalue weighted by Crippen LogP contribution is -2.50. The van der Waals surface area contributed by atoms with Crippen LogP contribution < -0.4 is 10.6 Å². The molecule has 1 aromatic carbocycles. The highest BCUT2D eigenvalue weighted by atomic mass is 16.4. The first kappa shape index (κ1) is 15.4. The van der Waals surface area contributed by atoms with Crippen molar-refractivity contribution in [3.63, 3.8) is 0 Å². The Morgan fingerprint density at radius 2 is 1.81 bits per heavy atom. The molecule has 1 aromatic rings. The molecule has 0 saturated heterocycles. The lowest BCUT2D eigenvalue weighted by molar-refractivity contribution is -0.139. The van der Waals surface area contributed by atoms with Gasteiger partial charge in [-0.05, 0) is 18.4 Å². The van der Waals surface area contributed by atoms with Crippen LogP contribution in [0.4, 0.5) is 4.79 Å².